The Kier molecular flexibility index (Phi) is 5.76. The molecule has 0 spiro atoms. The molecule has 1 aromatic rings. The van der Waals surface area contributed by atoms with E-state index in [0.29, 0.717) is 5.75 Å². The Balaban J connectivity index is 2.74. The third-order valence-electron chi connectivity index (χ3n) is 2.60. The van der Waals surface area contributed by atoms with Crippen molar-refractivity contribution in [1.82, 2.24) is 10.6 Å². The zero-order valence-electron chi connectivity index (χ0n) is 10.9. The van der Waals surface area contributed by atoms with E-state index in [1.54, 1.807) is 19.2 Å². The lowest BCUT2D eigenvalue weighted by Gasteiger charge is -2.16. The highest BCUT2D eigenvalue weighted by Crippen LogP contribution is 2.25. The summed E-state index contributed by atoms with van der Waals surface area (Å²) in [6, 6.07) is 5.94. The van der Waals surface area contributed by atoms with E-state index in [4.69, 9.17) is 10.00 Å². The average molecular weight is 265 g/mol. The van der Waals surface area contributed by atoms with Crippen LogP contribution < -0.4 is 15.4 Å². The number of carbonyl (C=O) groups excluding carboxylic acids is 1. The van der Waals surface area contributed by atoms with Crippen molar-refractivity contribution in [2.24, 2.45) is 0 Å². The van der Waals surface area contributed by atoms with Crippen LogP contribution in [-0.2, 0) is 4.79 Å². The number of hydrogen-bond donors (Lipinski definition) is 2. The van der Waals surface area contributed by atoms with Gasteiger partial charge in [-0.05, 0) is 20.0 Å². The third-order valence-corrected chi connectivity index (χ3v) is 2.60. The number of nitrogens with zero attached hydrogens (tertiary/aromatic N) is 1. The lowest BCUT2D eigenvalue weighted by Crippen LogP contribution is -2.29. The second-order valence-electron chi connectivity index (χ2n) is 3.92. The maximum Gasteiger partial charge on any atom is 0.258 e. The van der Waals surface area contributed by atoms with Crippen LogP contribution in [0.3, 0.4) is 0 Å². The fourth-order valence-electron chi connectivity index (χ4n) is 1.48. The van der Waals surface area contributed by atoms with E-state index in [9.17, 15) is 9.18 Å². The van der Waals surface area contributed by atoms with E-state index >= 15 is 0 Å². The van der Waals surface area contributed by atoms with Crippen LogP contribution in [-0.4, -0.2) is 26.1 Å². The lowest BCUT2D eigenvalue weighted by atomic mass is 10.1. The molecule has 0 saturated carbocycles. The molecule has 0 heterocycles. The molecule has 0 radical (unpaired) electrons. The molecule has 102 valence electrons. The topological polar surface area (TPSA) is 74.2 Å². The molecule has 0 fully saturated rings. The summed E-state index contributed by atoms with van der Waals surface area (Å²) in [6.45, 7) is 1.57. The van der Waals surface area contributed by atoms with Gasteiger partial charge in [-0.15, -0.1) is 0 Å². The Morgan fingerprint density at radius 3 is 2.95 bits per heavy atom. The predicted octanol–water partition coefficient (Wildman–Crippen LogP) is 1.12. The Bertz CT molecular complexity index is 485. The molecule has 5 nitrogen and oxygen atoms in total. The van der Waals surface area contributed by atoms with Crippen molar-refractivity contribution in [2.45, 2.75) is 13.0 Å². The molecule has 0 aliphatic heterocycles. The molecular formula is C13H16FN3O2. The van der Waals surface area contributed by atoms with Gasteiger partial charge < -0.3 is 15.4 Å². The van der Waals surface area contributed by atoms with Gasteiger partial charge in [0.15, 0.2) is 6.61 Å². The highest BCUT2D eigenvalue weighted by Gasteiger charge is 2.12. The van der Waals surface area contributed by atoms with Gasteiger partial charge in [-0.25, -0.2) is 4.39 Å². The number of nitrogens with one attached hydrogen (secondary N) is 2. The fourth-order valence-corrected chi connectivity index (χ4v) is 1.48. The molecule has 1 rings (SSSR count). The number of nitriles is 1. The molecule has 19 heavy (non-hydrogen) atoms. The first kappa shape index (κ1) is 14.9. The van der Waals surface area contributed by atoms with Crippen LogP contribution >= 0.6 is 0 Å². The second-order valence-corrected chi connectivity index (χ2v) is 3.92. The Labute approximate surface area is 111 Å². The first-order chi connectivity index (χ1) is 9.08. The highest BCUT2D eigenvalue weighted by atomic mass is 19.1. The maximum absolute atomic E-state index is 13.2. The molecular weight excluding hydrogens is 249 g/mol. The van der Waals surface area contributed by atoms with Crippen molar-refractivity contribution < 1.29 is 13.9 Å². The zero-order valence-corrected chi connectivity index (χ0v) is 10.9. The minimum Gasteiger partial charge on any atom is -0.483 e. The average Bonchev–Trinajstić information content (AvgIpc) is 2.42. The monoisotopic (exact) mass is 265 g/mol. The Hall–Kier alpha value is -2.13. The van der Waals surface area contributed by atoms with Gasteiger partial charge in [0.25, 0.3) is 5.91 Å². The van der Waals surface area contributed by atoms with Crippen molar-refractivity contribution in [3.63, 3.8) is 0 Å². The van der Waals surface area contributed by atoms with Gasteiger partial charge in [-0.3, -0.25) is 4.79 Å². The van der Waals surface area contributed by atoms with Gasteiger partial charge >= 0.3 is 0 Å². The maximum atomic E-state index is 13.2. The van der Waals surface area contributed by atoms with E-state index in [-0.39, 0.29) is 19.2 Å². The van der Waals surface area contributed by atoms with Gasteiger partial charge in [0.05, 0.1) is 6.07 Å². The number of ether oxygens (including phenoxy) is 1. The summed E-state index contributed by atoms with van der Waals surface area (Å²) in [5, 5.41) is 13.7. The summed E-state index contributed by atoms with van der Waals surface area (Å²) in [7, 11) is 1.78. The molecule has 0 saturated heterocycles. The number of amides is 1. The third kappa shape index (κ3) is 4.56. The van der Waals surface area contributed by atoms with Crippen molar-refractivity contribution in [3.8, 4) is 11.8 Å². The fraction of sp³-hybridized carbons (Fsp3) is 0.385. The molecule has 1 aromatic carbocycles. The molecule has 2 N–H and O–H groups in total. The molecule has 0 aliphatic carbocycles. The number of benzene rings is 1. The molecule has 0 aliphatic rings. The van der Waals surface area contributed by atoms with Gasteiger partial charge in [-0.1, -0.05) is 6.07 Å². The van der Waals surface area contributed by atoms with E-state index in [1.807, 2.05) is 6.92 Å². The van der Waals surface area contributed by atoms with Gasteiger partial charge in [0.2, 0.25) is 0 Å². The van der Waals surface area contributed by atoms with Crippen LogP contribution in [0, 0.1) is 17.1 Å². The molecule has 1 amide bonds. The zero-order chi connectivity index (χ0) is 14.3. The van der Waals surface area contributed by atoms with Crippen molar-refractivity contribution in [2.75, 3.05) is 20.2 Å². The van der Waals surface area contributed by atoms with E-state index in [1.165, 1.54) is 12.1 Å². The van der Waals surface area contributed by atoms with Crippen molar-refractivity contribution in [1.29, 1.82) is 5.26 Å². The Morgan fingerprint density at radius 1 is 1.58 bits per heavy atom. The summed E-state index contributed by atoms with van der Waals surface area (Å²) in [4.78, 5) is 11.3. The summed E-state index contributed by atoms with van der Waals surface area (Å²) >= 11 is 0. The lowest BCUT2D eigenvalue weighted by molar-refractivity contribution is -0.122. The molecule has 0 aromatic heterocycles. The normalized spacial score (nSPS) is 11.5. The smallest absolute Gasteiger partial charge is 0.258 e. The standard InChI is InChI=1S/C13H16FN3O2/c1-9(16-2)11-4-3-10(14)7-12(11)19-8-13(18)17-6-5-15/h3-4,7,9,16H,6,8H2,1-2H3,(H,17,18). The number of carbonyl (C=O) groups is 1. The summed E-state index contributed by atoms with van der Waals surface area (Å²) in [5.74, 6) is -0.540. The molecule has 6 heteroatoms. The number of hydrogen-bond acceptors (Lipinski definition) is 4. The first-order valence-electron chi connectivity index (χ1n) is 5.81. The Morgan fingerprint density at radius 2 is 2.32 bits per heavy atom. The minimum atomic E-state index is -0.431. The molecule has 1 atom stereocenters. The van der Waals surface area contributed by atoms with Crippen LogP contribution in [0.2, 0.25) is 0 Å². The molecule has 1 unspecified atom stereocenters. The van der Waals surface area contributed by atoms with Crippen molar-refractivity contribution in [3.05, 3.63) is 29.6 Å². The van der Waals surface area contributed by atoms with Gasteiger partial charge in [0, 0.05) is 17.7 Å². The summed E-state index contributed by atoms with van der Waals surface area (Å²) in [5.41, 5.74) is 0.761. The van der Waals surface area contributed by atoms with E-state index in [2.05, 4.69) is 10.6 Å². The number of halogens is 1. The van der Waals surface area contributed by atoms with Gasteiger partial charge in [-0.2, -0.15) is 5.26 Å². The summed E-state index contributed by atoms with van der Waals surface area (Å²) in [6.07, 6.45) is 0. The SMILES string of the molecule is CNC(C)c1ccc(F)cc1OCC(=O)NCC#N. The van der Waals surface area contributed by atoms with Gasteiger partial charge in [0.1, 0.15) is 18.1 Å². The second kappa shape index (κ2) is 7.34. The van der Waals surface area contributed by atoms with Crippen LogP contribution in [0.5, 0.6) is 5.75 Å². The first-order valence-corrected chi connectivity index (χ1v) is 5.81. The van der Waals surface area contributed by atoms with Crippen LogP contribution in [0.4, 0.5) is 4.39 Å². The summed E-state index contributed by atoms with van der Waals surface area (Å²) < 4.78 is 18.5. The van der Waals surface area contributed by atoms with Crippen LogP contribution in [0.15, 0.2) is 18.2 Å². The van der Waals surface area contributed by atoms with E-state index < -0.39 is 11.7 Å². The van der Waals surface area contributed by atoms with Crippen LogP contribution in [0.25, 0.3) is 0 Å². The minimum absolute atomic E-state index is 0.0298. The van der Waals surface area contributed by atoms with E-state index in [0.717, 1.165) is 5.56 Å². The quantitative estimate of drug-likeness (QED) is 0.756. The highest BCUT2D eigenvalue weighted by molar-refractivity contribution is 5.77. The van der Waals surface area contributed by atoms with Crippen molar-refractivity contribution >= 4 is 5.91 Å². The predicted molar refractivity (Wildman–Crippen MR) is 68.0 cm³/mol. The molecule has 0 bridgehead atoms. The number of rotatable bonds is 6. The van der Waals surface area contributed by atoms with Crippen LogP contribution in [0.1, 0.15) is 18.5 Å². The largest absolute Gasteiger partial charge is 0.483 e.